The molecule has 0 aliphatic rings. The van der Waals surface area contributed by atoms with Crippen molar-refractivity contribution in [1.82, 2.24) is 0 Å². The molecule has 2 aromatic carbocycles. The normalized spacial score (nSPS) is 11.1. The first kappa shape index (κ1) is 13.6. The summed E-state index contributed by atoms with van der Waals surface area (Å²) in [6, 6.07) is 20.1. The van der Waals surface area contributed by atoms with Crippen LogP contribution in [0.5, 0.6) is 0 Å². The van der Waals surface area contributed by atoms with E-state index >= 15 is 0 Å². The van der Waals surface area contributed by atoms with Crippen molar-refractivity contribution in [3.05, 3.63) is 65.2 Å². The Hall–Kier alpha value is -1.85. The highest BCUT2D eigenvalue weighted by Gasteiger charge is 2.24. The molecule has 0 amide bonds. The lowest BCUT2D eigenvalue weighted by atomic mass is 10.1. The maximum atomic E-state index is 8.86. The minimum atomic E-state index is -1.50. The third-order valence-electron chi connectivity index (χ3n) is 3.69. The first-order valence-corrected chi connectivity index (χ1v) is 9.79. The Kier molecular flexibility index (Phi) is 3.87. The van der Waals surface area contributed by atoms with Gasteiger partial charge in [-0.3, -0.25) is 0 Å². The fraction of sp³-hybridized carbons (Fsp3) is 0.235. The SMILES string of the molecule is Cc1ccccc1C[Si](C)(C)c1ccc(C#N)cc1. The van der Waals surface area contributed by atoms with E-state index in [2.05, 4.69) is 62.5 Å². The molecule has 0 fully saturated rings. The first-order valence-electron chi connectivity index (χ1n) is 6.58. The van der Waals surface area contributed by atoms with Gasteiger partial charge in [0.05, 0.1) is 19.7 Å². The van der Waals surface area contributed by atoms with Gasteiger partial charge < -0.3 is 0 Å². The summed E-state index contributed by atoms with van der Waals surface area (Å²) < 4.78 is 0. The molecule has 0 aliphatic heterocycles. The predicted molar refractivity (Wildman–Crippen MR) is 83.2 cm³/mol. The van der Waals surface area contributed by atoms with Crippen LogP contribution in [0.25, 0.3) is 0 Å². The summed E-state index contributed by atoms with van der Waals surface area (Å²) in [5.74, 6) is 0. The zero-order valence-electron chi connectivity index (χ0n) is 11.8. The summed E-state index contributed by atoms with van der Waals surface area (Å²) >= 11 is 0. The van der Waals surface area contributed by atoms with Gasteiger partial charge in [-0.2, -0.15) is 5.26 Å². The Morgan fingerprint density at radius 3 is 2.21 bits per heavy atom. The van der Waals surface area contributed by atoms with E-state index in [9.17, 15) is 0 Å². The van der Waals surface area contributed by atoms with E-state index in [0.717, 1.165) is 11.6 Å². The molecule has 0 aliphatic carbocycles. The molecule has 0 heterocycles. The molecule has 2 rings (SSSR count). The molecule has 2 aromatic rings. The van der Waals surface area contributed by atoms with Gasteiger partial charge in [0.25, 0.3) is 0 Å². The summed E-state index contributed by atoms with van der Waals surface area (Å²) in [7, 11) is -1.50. The Bertz CT molecular complexity index is 606. The minimum Gasteiger partial charge on any atom is -0.192 e. The number of aryl methyl sites for hydroxylation is 1. The molecule has 0 saturated carbocycles. The van der Waals surface area contributed by atoms with Crippen molar-refractivity contribution in [1.29, 1.82) is 5.26 Å². The second-order valence-corrected chi connectivity index (χ2v) is 10.4. The maximum Gasteiger partial charge on any atom is 0.0991 e. The lowest BCUT2D eigenvalue weighted by molar-refractivity contribution is 1.25. The molecule has 1 nitrogen and oxygen atoms in total. The van der Waals surface area contributed by atoms with E-state index in [-0.39, 0.29) is 0 Å². The largest absolute Gasteiger partial charge is 0.192 e. The van der Waals surface area contributed by atoms with Crippen molar-refractivity contribution in [2.24, 2.45) is 0 Å². The first-order chi connectivity index (χ1) is 9.03. The molecule has 0 unspecified atom stereocenters. The summed E-state index contributed by atoms with van der Waals surface area (Å²) in [5, 5.41) is 10.3. The molecule has 2 heteroatoms. The average Bonchev–Trinajstić information content (AvgIpc) is 2.41. The van der Waals surface area contributed by atoms with E-state index in [1.807, 2.05) is 12.1 Å². The zero-order valence-corrected chi connectivity index (χ0v) is 12.8. The molecule has 0 atom stereocenters. The summed E-state index contributed by atoms with van der Waals surface area (Å²) in [6.07, 6.45) is 0. The predicted octanol–water partition coefficient (Wildman–Crippen LogP) is 3.56. The van der Waals surface area contributed by atoms with Crippen LogP contribution in [0.15, 0.2) is 48.5 Å². The number of hydrogen-bond donors (Lipinski definition) is 0. The van der Waals surface area contributed by atoms with Crippen molar-refractivity contribution in [3.8, 4) is 6.07 Å². The summed E-state index contributed by atoms with van der Waals surface area (Å²) in [6.45, 7) is 6.96. The van der Waals surface area contributed by atoms with Crippen LogP contribution in [-0.4, -0.2) is 8.07 Å². The third-order valence-corrected chi connectivity index (χ3v) is 6.85. The van der Waals surface area contributed by atoms with Gasteiger partial charge in [0.1, 0.15) is 0 Å². The van der Waals surface area contributed by atoms with Gasteiger partial charge in [0.15, 0.2) is 0 Å². The molecular formula is C17H19NSi. The quantitative estimate of drug-likeness (QED) is 0.778. The van der Waals surface area contributed by atoms with Crippen LogP contribution in [0, 0.1) is 18.3 Å². The number of rotatable bonds is 3. The van der Waals surface area contributed by atoms with E-state index in [1.165, 1.54) is 16.3 Å². The van der Waals surface area contributed by atoms with Crippen LogP contribution < -0.4 is 5.19 Å². The van der Waals surface area contributed by atoms with E-state index in [0.29, 0.717) is 0 Å². The topological polar surface area (TPSA) is 23.8 Å². The third kappa shape index (κ3) is 3.13. The lowest BCUT2D eigenvalue weighted by Crippen LogP contribution is -2.44. The van der Waals surface area contributed by atoms with Crippen LogP contribution in [-0.2, 0) is 6.04 Å². The molecule has 0 bridgehead atoms. The van der Waals surface area contributed by atoms with Crippen molar-refractivity contribution < 1.29 is 0 Å². The van der Waals surface area contributed by atoms with Gasteiger partial charge in [-0.15, -0.1) is 0 Å². The van der Waals surface area contributed by atoms with E-state index in [1.54, 1.807) is 0 Å². The Labute approximate surface area is 116 Å². The Morgan fingerprint density at radius 1 is 1.00 bits per heavy atom. The molecule has 0 N–H and O–H groups in total. The lowest BCUT2D eigenvalue weighted by Gasteiger charge is -2.24. The van der Waals surface area contributed by atoms with Gasteiger partial charge in [0.2, 0.25) is 0 Å². The maximum absolute atomic E-state index is 8.86. The molecule has 0 radical (unpaired) electrons. The number of benzene rings is 2. The number of nitrogens with zero attached hydrogens (tertiary/aromatic N) is 1. The Morgan fingerprint density at radius 2 is 1.63 bits per heavy atom. The second-order valence-electron chi connectivity index (χ2n) is 5.68. The van der Waals surface area contributed by atoms with Crippen molar-refractivity contribution in [3.63, 3.8) is 0 Å². The summed E-state index contributed by atoms with van der Waals surface area (Å²) in [5.41, 5.74) is 3.56. The molecule has 0 saturated heterocycles. The monoisotopic (exact) mass is 265 g/mol. The van der Waals surface area contributed by atoms with Gasteiger partial charge >= 0.3 is 0 Å². The van der Waals surface area contributed by atoms with Crippen molar-refractivity contribution >= 4 is 13.3 Å². The highest BCUT2D eigenvalue weighted by atomic mass is 28.3. The average molecular weight is 265 g/mol. The van der Waals surface area contributed by atoms with Crippen molar-refractivity contribution in [2.75, 3.05) is 0 Å². The van der Waals surface area contributed by atoms with Crippen LogP contribution in [0.2, 0.25) is 13.1 Å². The van der Waals surface area contributed by atoms with Crippen LogP contribution >= 0.6 is 0 Å². The smallest absolute Gasteiger partial charge is 0.0991 e. The van der Waals surface area contributed by atoms with Gasteiger partial charge in [-0.05, 0) is 36.2 Å². The summed E-state index contributed by atoms with van der Waals surface area (Å²) in [4.78, 5) is 0. The number of hydrogen-bond acceptors (Lipinski definition) is 1. The highest BCUT2D eigenvalue weighted by Crippen LogP contribution is 2.16. The van der Waals surface area contributed by atoms with Gasteiger partial charge in [-0.25, -0.2) is 0 Å². The van der Waals surface area contributed by atoms with Crippen LogP contribution in [0.1, 0.15) is 16.7 Å². The van der Waals surface area contributed by atoms with Gasteiger partial charge in [0, 0.05) is 0 Å². The minimum absolute atomic E-state index is 0.740. The van der Waals surface area contributed by atoms with Crippen LogP contribution in [0.3, 0.4) is 0 Å². The fourth-order valence-electron chi connectivity index (χ4n) is 2.38. The van der Waals surface area contributed by atoms with E-state index in [4.69, 9.17) is 5.26 Å². The zero-order chi connectivity index (χ0) is 13.9. The molecule has 96 valence electrons. The molecular weight excluding hydrogens is 246 g/mol. The Balaban J connectivity index is 2.27. The second kappa shape index (κ2) is 5.42. The van der Waals surface area contributed by atoms with Crippen LogP contribution in [0.4, 0.5) is 0 Å². The van der Waals surface area contributed by atoms with Crippen molar-refractivity contribution in [2.45, 2.75) is 26.1 Å². The van der Waals surface area contributed by atoms with Gasteiger partial charge in [-0.1, -0.05) is 54.7 Å². The standard InChI is InChI=1S/C17H19NSi/c1-14-6-4-5-7-16(14)13-19(2,3)17-10-8-15(12-18)9-11-17/h4-11H,13H2,1-3H3. The van der Waals surface area contributed by atoms with E-state index < -0.39 is 8.07 Å². The number of nitriles is 1. The molecule has 0 aromatic heterocycles. The fourth-order valence-corrected chi connectivity index (χ4v) is 5.00. The molecule has 0 spiro atoms. The molecule has 19 heavy (non-hydrogen) atoms. The highest BCUT2D eigenvalue weighted by molar-refractivity contribution is 6.89.